The number of para-hydroxylation sites is 1. The summed E-state index contributed by atoms with van der Waals surface area (Å²) < 4.78 is 5.03. The first-order valence-electron chi connectivity index (χ1n) is 12.3. The van der Waals surface area contributed by atoms with Crippen molar-refractivity contribution in [1.29, 1.82) is 0 Å². The molecule has 0 unspecified atom stereocenters. The van der Waals surface area contributed by atoms with Gasteiger partial charge in [0.25, 0.3) is 0 Å². The molecule has 1 heterocycles. The van der Waals surface area contributed by atoms with Crippen LogP contribution in [0.25, 0.3) is 10.9 Å². The summed E-state index contributed by atoms with van der Waals surface area (Å²) in [6.07, 6.45) is 6.21. The average molecular weight is 448 g/mol. The Morgan fingerprint density at radius 1 is 0.879 bits per heavy atom. The molecule has 0 saturated heterocycles. The third-order valence-corrected chi connectivity index (χ3v) is 5.96. The molecule has 2 aromatic carbocycles. The van der Waals surface area contributed by atoms with Gasteiger partial charge in [-0.3, -0.25) is 9.59 Å². The smallest absolute Gasteiger partial charge is 0.305 e. The third kappa shape index (κ3) is 7.31. The first-order chi connectivity index (χ1) is 16.0. The Balaban J connectivity index is 1.56. The number of fused-ring (bicyclic) bond motifs is 1. The molecule has 0 spiro atoms. The summed E-state index contributed by atoms with van der Waals surface area (Å²) in [5, 5.41) is 0.981. The Labute approximate surface area is 197 Å². The molecular weight excluding hydrogens is 410 g/mol. The number of hydrogen-bond donors (Lipinski definition) is 1. The predicted octanol–water partition coefficient (Wildman–Crippen LogP) is 6.85. The first-order valence-corrected chi connectivity index (χ1v) is 12.3. The maximum Gasteiger partial charge on any atom is 0.305 e. The minimum Gasteiger partial charge on any atom is -0.466 e. The zero-order valence-corrected chi connectivity index (χ0v) is 20.3. The second-order valence-electron chi connectivity index (χ2n) is 9.23. The summed E-state index contributed by atoms with van der Waals surface area (Å²) in [4.78, 5) is 28.3. The SMILES string of the molecule is CCOC(=O)CCCc1[nH]c2ccccc2c1C(=O)CCCCc1ccc(CC(C)C)cc1. The number of ether oxygens (including phenoxy) is 1. The van der Waals surface area contributed by atoms with E-state index in [1.165, 1.54) is 11.1 Å². The van der Waals surface area contributed by atoms with Crippen LogP contribution in [0.3, 0.4) is 0 Å². The number of benzene rings is 2. The molecular formula is C29H37NO3. The molecule has 0 bridgehead atoms. The Hall–Kier alpha value is -2.88. The van der Waals surface area contributed by atoms with Gasteiger partial charge in [-0.25, -0.2) is 0 Å². The van der Waals surface area contributed by atoms with Crippen LogP contribution < -0.4 is 0 Å². The number of aryl methyl sites for hydroxylation is 2. The van der Waals surface area contributed by atoms with Gasteiger partial charge in [0.15, 0.2) is 5.78 Å². The van der Waals surface area contributed by atoms with Crippen LogP contribution >= 0.6 is 0 Å². The molecule has 0 amide bonds. The minimum atomic E-state index is -0.182. The van der Waals surface area contributed by atoms with E-state index in [1.807, 2.05) is 31.2 Å². The molecule has 0 aliphatic heterocycles. The number of rotatable bonds is 13. The van der Waals surface area contributed by atoms with E-state index in [2.05, 4.69) is 43.1 Å². The first kappa shape index (κ1) is 24.8. The molecule has 0 saturated carbocycles. The molecule has 0 fully saturated rings. The molecule has 0 radical (unpaired) electrons. The number of hydrogen-bond acceptors (Lipinski definition) is 3. The highest BCUT2D eigenvalue weighted by atomic mass is 16.5. The van der Waals surface area contributed by atoms with Gasteiger partial charge < -0.3 is 9.72 Å². The maximum atomic E-state index is 13.2. The molecule has 176 valence electrons. The van der Waals surface area contributed by atoms with E-state index in [4.69, 9.17) is 4.74 Å². The lowest BCUT2D eigenvalue weighted by Crippen LogP contribution is -2.06. The van der Waals surface area contributed by atoms with Gasteiger partial charge >= 0.3 is 5.97 Å². The lowest BCUT2D eigenvalue weighted by Gasteiger charge is -2.07. The third-order valence-electron chi connectivity index (χ3n) is 5.96. The Morgan fingerprint density at radius 2 is 1.61 bits per heavy atom. The van der Waals surface area contributed by atoms with Crippen LogP contribution in [0.4, 0.5) is 0 Å². The zero-order chi connectivity index (χ0) is 23.6. The molecule has 3 aromatic rings. The normalized spacial score (nSPS) is 11.3. The fraction of sp³-hybridized carbons (Fsp3) is 0.448. The lowest BCUT2D eigenvalue weighted by molar-refractivity contribution is -0.143. The fourth-order valence-electron chi connectivity index (χ4n) is 4.40. The highest BCUT2D eigenvalue weighted by Gasteiger charge is 2.18. The highest BCUT2D eigenvalue weighted by molar-refractivity contribution is 6.09. The van der Waals surface area contributed by atoms with Crippen LogP contribution in [-0.2, 0) is 28.8 Å². The largest absolute Gasteiger partial charge is 0.466 e. The van der Waals surface area contributed by atoms with Gasteiger partial charge in [-0.05, 0) is 68.6 Å². The van der Waals surface area contributed by atoms with Crippen LogP contribution in [-0.4, -0.2) is 23.3 Å². The standard InChI is InChI=1S/C29H37NO3/c1-4-33-28(32)15-9-13-26-29(24-11-6-7-12-25(24)30-26)27(31)14-8-5-10-22-16-18-23(19-17-22)20-21(2)3/h6-7,11-12,16-19,21,30H,4-5,8-10,13-15,20H2,1-3H3. The monoisotopic (exact) mass is 447 g/mol. The number of esters is 1. The van der Waals surface area contributed by atoms with Crippen molar-refractivity contribution in [3.8, 4) is 0 Å². The van der Waals surface area contributed by atoms with Gasteiger partial charge in [0.2, 0.25) is 0 Å². The molecule has 0 aliphatic rings. The van der Waals surface area contributed by atoms with E-state index < -0.39 is 0 Å². The van der Waals surface area contributed by atoms with Gasteiger partial charge in [-0.1, -0.05) is 56.3 Å². The van der Waals surface area contributed by atoms with E-state index in [0.717, 1.165) is 47.8 Å². The van der Waals surface area contributed by atoms with Crippen molar-refractivity contribution in [2.75, 3.05) is 6.61 Å². The molecule has 0 aliphatic carbocycles. The number of aromatic nitrogens is 1. The van der Waals surface area contributed by atoms with E-state index in [9.17, 15) is 9.59 Å². The van der Waals surface area contributed by atoms with Gasteiger partial charge in [0.05, 0.1) is 6.61 Å². The van der Waals surface area contributed by atoms with E-state index in [0.29, 0.717) is 38.2 Å². The topological polar surface area (TPSA) is 59.2 Å². The van der Waals surface area contributed by atoms with E-state index in [-0.39, 0.29) is 11.8 Å². The van der Waals surface area contributed by atoms with Crippen molar-refractivity contribution in [3.05, 3.63) is 70.9 Å². The summed E-state index contributed by atoms with van der Waals surface area (Å²) in [6.45, 7) is 6.69. The van der Waals surface area contributed by atoms with Crippen molar-refractivity contribution in [2.45, 2.75) is 72.1 Å². The molecule has 33 heavy (non-hydrogen) atoms. The summed E-state index contributed by atoms with van der Waals surface area (Å²) in [6, 6.07) is 16.9. The second-order valence-corrected chi connectivity index (χ2v) is 9.23. The molecule has 3 rings (SSSR count). The van der Waals surface area contributed by atoms with Crippen LogP contribution in [0.15, 0.2) is 48.5 Å². The van der Waals surface area contributed by atoms with Crippen LogP contribution in [0.1, 0.15) is 80.1 Å². The average Bonchev–Trinajstić information content (AvgIpc) is 3.16. The zero-order valence-electron chi connectivity index (χ0n) is 20.3. The maximum absolute atomic E-state index is 13.2. The Bertz CT molecular complexity index is 1050. The number of aromatic amines is 1. The van der Waals surface area contributed by atoms with Crippen molar-refractivity contribution >= 4 is 22.7 Å². The van der Waals surface area contributed by atoms with Gasteiger partial charge in [0.1, 0.15) is 0 Å². The lowest BCUT2D eigenvalue weighted by atomic mass is 9.97. The number of H-pyrrole nitrogens is 1. The summed E-state index contributed by atoms with van der Waals surface area (Å²) >= 11 is 0. The van der Waals surface area contributed by atoms with E-state index >= 15 is 0 Å². The van der Waals surface area contributed by atoms with Crippen LogP contribution in [0.2, 0.25) is 0 Å². The number of ketones is 1. The molecule has 1 N–H and O–H groups in total. The molecule has 0 atom stereocenters. The van der Waals surface area contributed by atoms with Gasteiger partial charge in [-0.15, -0.1) is 0 Å². The van der Waals surface area contributed by atoms with Crippen LogP contribution in [0.5, 0.6) is 0 Å². The van der Waals surface area contributed by atoms with Crippen molar-refractivity contribution in [3.63, 3.8) is 0 Å². The number of carbonyl (C=O) groups excluding carboxylic acids is 2. The van der Waals surface area contributed by atoms with Gasteiger partial charge in [0, 0.05) is 35.0 Å². The summed E-state index contributed by atoms with van der Waals surface area (Å²) in [7, 11) is 0. The Kier molecular flexibility index (Phi) is 9.29. The van der Waals surface area contributed by atoms with Crippen molar-refractivity contribution in [1.82, 2.24) is 4.98 Å². The molecule has 4 nitrogen and oxygen atoms in total. The number of carbonyl (C=O) groups is 2. The molecule has 1 aromatic heterocycles. The highest BCUT2D eigenvalue weighted by Crippen LogP contribution is 2.26. The number of Topliss-reactive ketones (excluding diaryl/α,β-unsaturated/α-hetero) is 1. The van der Waals surface area contributed by atoms with E-state index in [1.54, 1.807) is 0 Å². The second kappa shape index (κ2) is 12.4. The number of unbranched alkanes of at least 4 members (excludes halogenated alkanes) is 1. The number of nitrogens with one attached hydrogen (secondary N) is 1. The quantitative estimate of drug-likeness (QED) is 0.177. The predicted molar refractivity (Wildman–Crippen MR) is 135 cm³/mol. The summed E-state index contributed by atoms with van der Waals surface area (Å²) in [5.74, 6) is 0.672. The minimum absolute atomic E-state index is 0.182. The van der Waals surface area contributed by atoms with Crippen molar-refractivity contribution in [2.24, 2.45) is 5.92 Å². The fourth-order valence-corrected chi connectivity index (χ4v) is 4.40. The van der Waals surface area contributed by atoms with Crippen molar-refractivity contribution < 1.29 is 14.3 Å². The molecule has 4 heteroatoms. The summed E-state index contributed by atoms with van der Waals surface area (Å²) in [5.41, 5.74) is 5.44. The van der Waals surface area contributed by atoms with Gasteiger partial charge in [-0.2, -0.15) is 0 Å². The van der Waals surface area contributed by atoms with Crippen LogP contribution in [0, 0.1) is 5.92 Å². The Morgan fingerprint density at radius 3 is 2.33 bits per heavy atom.